The second kappa shape index (κ2) is 7.84. The molecule has 0 unspecified atom stereocenters. The molecule has 0 atom stereocenters. The summed E-state index contributed by atoms with van der Waals surface area (Å²) >= 11 is 6.15. The minimum absolute atomic E-state index is 0.234. The molecule has 0 saturated carbocycles. The van der Waals surface area contributed by atoms with E-state index in [0.29, 0.717) is 17.1 Å². The number of piperazine rings is 1. The van der Waals surface area contributed by atoms with Gasteiger partial charge in [0.15, 0.2) is 0 Å². The van der Waals surface area contributed by atoms with Crippen LogP contribution in [0, 0.1) is 5.82 Å². The van der Waals surface area contributed by atoms with Crippen molar-refractivity contribution in [2.45, 2.75) is 13.1 Å². The van der Waals surface area contributed by atoms with Gasteiger partial charge in [-0.15, -0.1) is 0 Å². The SMILES string of the molecule is COc1ccc2nc(CN3CCN(Cc4c(F)cccc4Cl)CC3)[nH]c2c1. The summed E-state index contributed by atoms with van der Waals surface area (Å²) in [6.07, 6.45) is 0. The number of rotatable bonds is 5. The zero-order chi connectivity index (χ0) is 18.8. The Morgan fingerprint density at radius 2 is 1.85 bits per heavy atom. The van der Waals surface area contributed by atoms with E-state index in [1.54, 1.807) is 19.2 Å². The Morgan fingerprint density at radius 3 is 2.56 bits per heavy atom. The molecular weight excluding hydrogens is 367 g/mol. The van der Waals surface area contributed by atoms with Crippen molar-refractivity contribution in [3.05, 3.63) is 58.6 Å². The first-order chi connectivity index (χ1) is 13.1. The fourth-order valence-electron chi connectivity index (χ4n) is 3.47. The van der Waals surface area contributed by atoms with Crippen molar-refractivity contribution in [3.8, 4) is 5.75 Å². The predicted octanol–water partition coefficient (Wildman–Crippen LogP) is 3.68. The molecule has 1 saturated heterocycles. The third-order valence-electron chi connectivity index (χ3n) is 5.02. The van der Waals surface area contributed by atoms with Crippen LogP contribution in [0.5, 0.6) is 5.75 Å². The van der Waals surface area contributed by atoms with E-state index in [1.165, 1.54) is 6.07 Å². The minimum Gasteiger partial charge on any atom is -0.497 e. The monoisotopic (exact) mass is 388 g/mol. The number of benzene rings is 2. The molecule has 1 fully saturated rings. The first-order valence-corrected chi connectivity index (χ1v) is 9.40. The lowest BCUT2D eigenvalue weighted by Crippen LogP contribution is -2.45. The van der Waals surface area contributed by atoms with Crippen LogP contribution in [0.15, 0.2) is 36.4 Å². The lowest BCUT2D eigenvalue weighted by atomic mass is 10.2. The molecule has 4 rings (SSSR count). The summed E-state index contributed by atoms with van der Waals surface area (Å²) in [5, 5.41) is 0.495. The quantitative estimate of drug-likeness (QED) is 0.724. The number of H-pyrrole nitrogens is 1. The molecular formula is C20H22ClFN4O. The van der Waals surface area contributed by atoms with Gasteiger partial charge in [-0.2, -0.15) is 0 Å². The van der Waals surface area contributed by atoms with E-state index in [4.69, 9.17) is 16.3 Å². The maximum Gasteiger partial charge on any atom is 0.129 e. The van der Waals surface area contributed by atoms with Crippen LogP contribution in [0.3, 0.4) is 0 Å². The number of imidazole rings is 1. The van der Waals surface area contributed by atoms with E-state index in [2.05, 4.69) is 19.8 Å². The number of hydrogen-bond acceptors (Lipinski definition) is 4. The van der Waals surface area contributed by atoms with Gasteiger partial charge in [0.2, 0.25) is 0 Å². The standard InChI is InChI=1S/C20H22ClFN4O/c1-27-14-5-6-18-19(11-14)24-20(23-18)13-26-9-7-25(8-10-26)12-15-16(21)3-2-4-17(15)22/h2-6,11H,7-10,12-13H2,1H3,(H,23,24). The molecule has 1 aliphatic rings. The Morgan fingerprint density at radius 1 is 1.11 bits per heavy atom. The first kappa shape index (κ1) is 18.2. The van der Waals surface area contributed by atoms with Gasteiger partial charge in [0.25, 0.3) is 0 Å². The lowest BCUT2D eigenvalue weighted by Gasteiger charge is -2.34. The maximum atomic E-state index is 14.0. The van der Waals surface area contributed by atoms with Crippen molar-refractivity contribution < 1.29 is 9.13 Å². The molecule has 3 aromatic rings. The summed E-state index contributed by atoms with van der Waals surface area (Å²) in [7, 11) is 1.66. The third kappa shape index (κ3) is 4.08. The molecule has 2 heterocycles. The van der Waals surface area contributed by atoms with Gasteiger partial charge in [0.05, 0.1) is 24.7 Å². The van der Waals surface area contributed by atoms with Crippen LogP contribution in [0.4, 0.5) is 4.39 Å². The summed E-state index contributed by atoms with van der Waals surface area (Å²) in [6, 6.07) is 10.7. The van der Waals surface area contributed by atoms with Gasteiger partial charge in [-0.25, -0.2) is 9.37 Å². The zero-order valence-corrected chi connectivity index (χ0v) is 16.0. The number of ether oxygens (including phenoxy) is 1. The highest BCUT2D eigenvalue weighted by Gasteiger charge is 2.20. The largest absolute Gasteiger partial charge is 0.497 e. The topological polar surface area (TPSA) is 44.4 Å². The fraction of sp³-hybridized carbons (Fsp3) is 0.350. The highest BCUT2D eigenvalue weighted by Crippen LogP contribution is 2.22. The van der Waals surface area contributed by atoms with E-state index < -0.39 is 0 Å². The average Bonchev–Trinajstić information content (AvgIpc) is 3.07. The van der Waals surface area contributed by atoms with Gasteiger partial charge >= 0.3 is 0 Å². The molecule has 0 amide bonds. The lowest BCUT2D eigenvalue weighted by molar-refractivity contribution is 0.119. The van der Waals surface area contributed by atoms with Crippen LogP contribution in [0.2, 0.25) is 5.02 Å². The van der Waals surface area contributed by atoms with E-state index in [9.17, 15) is 4.39 Å². The normalized spacial score (nSPS) is 16.1. The number of halogens is 2. The van der Waals surface area contributed by atoms with E-state index in [-0.39, 0.29) is 5.82 Å². The number of methoxy groups -OCH3 is 1. The molecule has 142 valence electrons. The van der Waals surface area contributed by atoms with Crippen LogP contribution in [0.25, 0.3) is 11.0 Å². The molecule has 5 nitrogen and oxygen atoms in total. The van der Waals surface area contributed by atoms with Gasteiger partial charge in [-0.1, -0.05) is 17.7 Å². The van der Waals surface area contributed by atoms with Crippen molar-refractivity contribution in [3.63, 3.8) is 0 Å². The Balaban J connectivity index is 1.35. The summed E-state index contributed by atoms with van der Waals surface area (Å²) in [6.45, 7) is 4.88. The Labute approximate surface area is 162 Å². The van der Waals surface area contributed by atoms with Crippen molar-refractivity contribution in [2.75, 3.05) is 33.3 Å². The molecule has 0 aliphatic carbocycles. The number of aromatic nitrogens is 2. The summed E-state index contributed by atoms with van der Waals surface area (Å²) in [4.78, 5) is 12.6. The number of hydrogen-bond donors (Lipinski definition) is 1. The smallest absolute Gasteiger partial charge is 0.129 e. The maximum absolute atomic E-state index is 14.0. The molecule has 0 spiro atoms. The fourth-order valence-corrected chi connectivity index (χ4v) is 3.69. The molecule has 2 aromatic carbocycles. The molecule has 1 aromatic heterocycles. The van der Waals surface area contributed by atoms with Crippen LogP contribution < -0.4 is 4.74 Å². The second-order valence-electron chi connectivity index (χ2n) is 6.82. The van der Waals surface area contributed by atoms with Crippen LogP contribution >= 0.6 is 11.6 Å². The Bertz CT molecular complexity index is 917. The van der Waals surface area contributed by atoms with Crippen LogP contribution in [0.1, 0.15) is 11.4 Å². The molecule has 7 heteroatoms. The molecule has 27 heavy (non-hydrogen) atoms. The summed E-state index contributed by atoms with van der Waals surface area (Å²) < 4.78 is 19.2. The number of aromatic amines is 1. The Kier molecular flexibility index (Phi) is 5.29. The highest BCUT2D eigenvalue weighted by atomic mass is 35.5. The molecule has 0 bridgehead atoms. The van der Waals surface area contributed by atoms with Gasteiger partial charge in [-0.05, 0) is 24.3 Å². The van der Waals surface area contributed by atoms with Crippen molar-refractivity contribution in [2.24, 2.45) is 0 Å². The summed E-state index contributed by atoms with van der Waals surface area (Å²) in [5.41, 5.74) is 2.51. The third-order valence-corrected chi connectivity index (χ3v) is 5.37. The van der Waals surface area contributed by atoms with Crippen molar-refractivity contribution in [1.29, 1.82) is 0 Å². The van der Waals surface area contributed by atoms with Crippen LogP contribution in [-0.4, -0.2) is 53.1 Å². The second-order valence-corrected chi connectivity index (χ2v) is 7.23. The van der Waals surface area contributed by atoms with Crippen molar-refractivity contribution >= 4 is 22.6 Å². The van der Waals surface area contributed by atoms with E-state index in [1.807, 2.05) is 18.2 Å². The van der Waals surface area contributed by atoms with Gasteiger partial charge in [0.1, 0.15) is 17.4 Å². The van der Waals surface area contributed by atoms with Gasteiger partial charge < -0.3 is 9.72 Å². The molecule has 0 radical (unpaired) electrons. The highest BCUT2D eigenvalue weighted by molar-refractivity contribution is 6.31. The predicted molar refractivity (Wildman–Crippen MR) is 105 cm³/mol. The molecule has 1 aliphatic heterocycles. The van der Waals surface area contributed by atoms with Crippen LogP contribution in [-0.2, 0) is 13.1 Å². The molecule has 1 N–H and O–H groups in total. The Hall–Kier alpha value is -2.15. The summed E-state index contributed by atoms with van der Waals surface area (Å²) in [5.74, 6) is 1.53. The number of nitrogens with one attached hydrogen (secondary N) is 1. The average molecular weight is 389 g/mol. The van der Waals surface area contributed by atoms with Gasteiger partial charge in [0, 0.05) is 49.4 Å². The zero-order valence-electron chi connectivity index (χ0n) is 15.2. The number of fused-ring (bicyclic) bond motifs is 1. The number of nitrogens with zero attached hydrogens (tertiary/aromatic N) is 3. The first-order valence-electron chi connectivity index (χ1n) is 9.02. The van der Waals surface area contributed by atoms with E-state index >= 15 is 0 Å². The minimum atomic E-state index is -0.234. The van der Waals surface area contributed by atoms with Gasteiger partial charge in [-0.3, -0.25) is 9.80 Å². The van der Waals surface area contributed by atoms with Crippen molar-refractivity contribution in [1.82, 2.24) is 19.8 Å². The van der Waals surface area contributed by atoms with E-state index in [0.717, 1.165) is 55.3 Å².